The fourth-order valence-electron chi connectivity index (χ4n) is 2.39. The normalized spacial score (nSPS) is 10.8. The molecule has 0 aliphatic carbocycles. The molecule has 3 rings (SSSR count). The molecule has 0 saturated heterocycles. The Morgan fingerprint density at radius 3 is 2.42 bits per heavy atom. The zero-order valence-corrected chi connectivity index (χ0v) is 10.8. The van der Waals surface area contributed by atoms with E-state index in [0.29, 0.717) is 6.54 Å². The van der Waals surface area contributed by atoms with Crippen molar-refractivity contribution in [3.05, 3.63) is 82.3 Å². The van der Waals surface area contributed by atoms with Gasteiger partial charge in [0.15, 0.2) is 0 Å². The van der Waals surface area contributed by atoms with Crippen molar-refractivity contribution in [3.8, 4) is 0 Å². The topological polar surface area (TPSA) is 22.0 Å². The summed E-state index contributed by atoms with van der Waals surface area (Å²) >= 11 is 0. The van der Waals surface area contributed by atoms with E-state index in [9.17, 15) is 4.79 Å². The number of aromatic nitrogens is 1. The lowest BCUT2D eigenvalue weighted by Crippen LogP contribution is -2.22. The molecular weight excluding hydrogens is 234 g/mol. The first-order valence-electron chi connectivity index (χ1n) is 6.39. The molecule has 0 amide bonds. The van der Waals surface area contributed by atoms with E-state index in [1.807, 2.05) is 66.1 Å². The molecule has 0 fully saturated rings. The van der Waals surface area contributed by atoms with Crippen LogP contribution in [0.4, 0.5) is 0 Å². The Kier molecular flexibility index (Phi) is 2.92. The van der Waals surface area contributed by atoms with Crippen LogP contribution in [-0.4, -0.2) is 4.57 Å². The molecule has 2 nitrogen and oxygen atoms in total. The largest absolute Gasteiger partial charge is 0.308 e. The summed E-state index contributed by atoms with van der Waals surface area (Å²) in [5.74, 6) is 0. The van der Waals surface area contributed by atoms with E-state index in [-0.39, 0.29) is 5.56 Å². The van der Waals surface area contributed by atoms with Crippen LogP contribution in [0.5, 0.6) is 0 Å². The zero-order valence-electron chi connectivity index (χ0n) is 10.8. The van der Waals surface area contributed by atoms with Gasteiger partial charge in [0.2, 0.25) is 0 Å². The van der Waals surface area contributed by atoms with Gasteiger partial charge in [-0.15, -0.1) is 0 Å². The molecule has 0 bridgehead atoms. The lowest BCUT2D eigenvalue weighted by molar-refractivity contribution is 0.738. The number of hydrogen-bond acceptors (Lipinski definition) is 1. The highest BCUT2D eigenvalue weighted by molar-refractivity contribution is 5.81. The molecule has 0 spiro atoms. The maximum Gasteiger partial charge on any atom is 0.258 e. The summed E-state index contributed by atoms with van der Waals surface area (Å²) < 4.78 is 1.83. The molecule has 0 aliphatic rings. The first kappa shape index (κ1) is 11.7. The first-order valence-corrected chi connectivity index (χ1v) is 6.39. The van der Waals surface area contributed by atoms with Gasteiger partial charge in [-0.3, -0.25) is 4.79 Å². The molecule has 3 aromatic rings. The minimum atomic E-state index is 0.0828. The van der Waals surface area contributed by atoms with E-state index < -0.39 is 0 Å². The van der Waals surface area contributed by atoms with Crippen molar-refractivity contribution >= 4 is 10.8 Å². The van der Waals surface area contributed by atoms with Gasteiger partial charge in [0.25, 0.3) is 5.56 Å². The van der Waals surface area contributed by atoms with E-state index in [0.717, 1.165) is 22.0 Å². The molecule has 1 aromatic heterocycles. The Morgan fingerprint density at radius 2 is 1.63 bits per heavy atom. The van der Waals surface area contributed by atoms with Gasteiger partial charge in [-0.05, 0) is 30.0 Å². The predicted octanol–water partition coefficient (Wildman–Crippen LogP) is 3.36. The van der Waals surface area contributed by atoms with Crippen LogP contribution in [0.3, 0.4) is 0 Å². The van der Waals surface area contributed by atoms with Crippen molar-refractivity contribution in [2.24, 2.45) is 0 Å². The predicted molar refractivity (Wildman–Crippen MR) is 78.5 cm³/mol. The average Bonchev–Trinajstić information content (AvgIpc) is 2.45. The third-order valence-electron chi connectivity index (χ3n) is 3.41. The lowest BCUT2D eigenvalue weighted by atomic mass is 10.1. The summed E-state index contributed by atoms with van der Waals surface area (Å²) in [4.78, 5) is 12.5. The Labute approximate surface area is 111 Å². The summed E-state index contributed by atoms with van der Waals surface area (Å²) in [6.07, 6.45) is 0. The third kappa shape index (κ3) is 2.17. The first-order chi connectivity index (χ1) is 9.25. The van der Waals surface area contributed by atoms with E-state index in [4.69, 9.17) is 0 Å². The fraction of sp³-hybridized carbons (Fsp3) is 0.118. The van der Waals surface area contributed by atoms with Crippen LogP contribution >= 0.6 is 0 Å². The number of aryl methyl sites for hydroxylation is 1. The van der Waals surface area contributed by atoms with Gasteiger partial charge in [0.1, 0.15) is 0 Å². The van der Waals surface area contributed by atoms with Crippen LogP contribution in [0.2, 0.25) is 0 Å². The average molecular weight is 249 g/mol. The molecule has 94 valence electrons. The van der Waals surface area contributed by atoms with Gasteiger partial charge in [0.05, 0.1) is 6.54 Å². The molecule has 0 atom stereocenters. The van der Waals surface area contributed by atoms with E-state index in [1.54, 1.807) is 0 Å². The SMILES string of the molecule is Cc1cc2ccccc2c(=O)n1Cc1ccccc1. The van der Waals surface area contributed by atoms with E-state index >= 15 is 0 Å². The molecule has 0 aliphatic heterocycles. The summed E-state index contributed by atoms with van der Waals surface area (Å²) in [5, 5.41) is 1.79. The summed E-state index contributed by atoms with van der Waals surface area (Å²) in [5.41, 5.74) is 2.22. The lowest BCUT2D eigenvalue weighted by Gasteiger charge is -2.11. The van der Waals surface area contributed by atoms with Crippen LogP contribution in [-0.2, 0) is 6.54 Å². The van der Waals surface area contributed by atoms with E-state index in [1.165, 1.54) is 0 Å². The highest BCUT2D eigenvalue weighted by Crippen LogP contribution is 2.12. The summed E-state index contributed by atoms with van der Waals surface area (Å²) in [6.45, 7) is 2.60. The van der Waals surface area contributed by atoms with Crippen molar-refractivity contribution in [2.75, 3.05) is 0 Å². The van der Waals surface area contributed by atoms with Gasteiger partial charge in [-0.2, -0.15) is 0 Å². The Hall–Kier alpha value is -2.35. The Morgan fingerprint density at radius 1 is 0.947 bits per heavy atom. The molecule has 2 aromatic carbocycles. The number of fused-ring (bicyclic) bond motifs is 1. The van der Waals surface area contributed by atoms with Gasteiger partial charge >= 0.3 is 0 Å². The number of benzene rings is 2. The summed E-state index contributed by atoms with van der Waals surface area (Å²) in [6, 6.07) is 19.9. The highest BCUT2D eigenvalue weighted by atomic mass is 16.1. The van der Waals surface area contributed by atoms with Crippen molar-refractivity contribution in [2.45, 2.75) is 13.5 Å². The minimum Gasteiger partial charge on any atom is -0.308 e. The Bertz CT molecular complexity index is 772. The molecule has 19 heavy (non-hydrogen) atoms. The second-order valence-corrected chi connectivity index (χ2v) is 4.75. The van der Waals surface area contributed by atoms with Crippen molar-refractivity contribution < 1.29 is 0 Å². The van der Waals surface area contributed by atoms with E-state index in [2.05, 4.69) is 6.07 Å². The van der Waals surface area contributed by atoms with Crippen LogP contribution in [0.25, 0.3) is 10.8 Å². The van der Waals surface area contributed by atoms with Crippen LogP contribution in [0, 0.1) is 6.92 Å². The minimum absolute atomic E-state index is 0.0828. The molecule has 0 radical (unpaired) electrons. The fourth-order valence-corrected chi connectivity index (χ4v) is 2.39. The maximum absolute atomic E-state index is 12.5. The molecular formula is C17H15NO. The third-order valence-corrected chi connectivity index (χ3v) is 3.41. The van der Waals surface area contributed by atoms with Crippen molar-refractivity contribution in [3.63, 3.8) is 0 Å². The maximum atomic E-state index is 12.5. The highest BCUT2D eigenvalue weighted by Gasteiger charge is 2.06. The number of hydrogen-bond donors (Lipinski definition) is 0. The number of pyridine rings is 1. The molecule has 0 saturated carbocycles. The zero-order chi connectivity index (χ0) is 13.2. The standard InChI is InChI=1S/C17H15NO/c1-13-11-15-9-5-6-10-16(15)17(19)18(13)12-14-7-3-2-4-8-14/h2-11H,12H2,1H3. The second-order valence-electron chi connectivity index (χ2n) is 4.75. The second kappa shape index (κ2) is 4.73. The van der Waals surface area contributed by atoms with Gasteiger partial charge < -0.3 is 4.57 Å². The number of nitrogens with zero attached hydrogens (tertiary/aromatic N) is 1. The Balaban J connectivity index is 2.16. The summed E-state index contributed by atoms with van der Waals surface area (Å²) in [7, 11) is 0. The van der Waals surface area contributed by atoms with Gasteiger partial charge in [-0.25, -0.2) is 0 Å². The molecule has 0 N–H and O–H groups in total. The smallest absolute Gasteiger partial charge is 0.258 e. The van der Waals surface area contributed by atoms with Crippen LogP contribution in [0.15, 0.2) is 65.5 Å². The molecule has 0 unspecified atom stereocenters. The van der Waals surface area contributed by atoms with Crippen molar-refractivity contribution in [1.29, 1.82) is 0 Å². The van der Waals surface area contributed by atoms with Crippen LogP contribution in [0.1, 0.15) is 11.3 Å². The molecule has 1 heterocycles. The number of rotatable bonds is 2. The monoisotopic (exact) mass is 249 g/mol. The van der Waals surface area contributed by atoms with Crippen molar-refractivity contribution in [1.82, 2.24) is 4.57 Å². The quantitative estimate of drug-likeness (QED) is 0.682. The van der Waals surface area contributed by atoms with Crippen LogP contribution < -0.4 is 5.56 Å². The molecule has 2 heteroatoms. The van der Waals surface area contributed by atoms with Gasteiger partial charge in [0, 0.05) is 11.1 Å². The van der Waals surface area contributed by atoms with Gasteiger partial charge in [-0.1, -0.05) is 48.5 Å².